The Kier molecular flexibility index (Phi) is 3.47. The van der Waals surface area contributed by atoms with Crippen molar-refractivity contribution in [2.24, 2.45) is 0 Å². The van der Waals surface area contributed by atoms with Gasteiger partial charge in [0.05, 0.1) is 17.8 Å². The van der Waals surface area contributed by atoms with E-state index in [1.165, 1.54) is 17.0 Å². The minimum Gasteiger partial charge on any atom is -0.478 e. The smallest absolute Gasteiger partial charge is 0.329 e. The molecule has 0 radical (unpaired) electrons. The summed E-state index contributed by atoms with van der Waals surface area (Å²) in [5.74, 6) is -2.29. The van der Waals surface area contributed by atoms with Crippen LogP contribution in [0.4, 0.5) is 10.1 Å². The second-order valence-corrected chi connectivity index (χ2v) is 4.91. The molecule has 0 saturated carbocycles. The number of carbonyl (C=O) groups is 2. The second kappa shape index (κ2) is 5.44. The summed E-state index contributed by atoms with van der Waals surface area (Å²) in [4.78, 5) is 24.7. The van der Waals surface area contributed by atoms with Gasteiger partial charge in [0.25, 0.3) is 5.91 Å². The largest absolute Gasteiger partial charge is 0.478 e. The maximum atomic E-state index is 14.2. The minimum absolute atomic E-state index is 0.00192. The molecule has 2 aromatic carbocycles. The summed E-state index contributed by atoms with van der Waals surface area (Å²) < 4.78 is 14.2. The molecule has 5 heteroatoms. The molecule has 0 atom stereocenters. The lowest BCUT2D eigenvalue weighted by molar-refractivity contribution is -0.131. The van der Waals surface area contributed by atoms with Crippen LogP contribution in [0.15, 0.2) is 54.6 Å². The molecule has 0 aromatic heterocycles. The molecule has 1 amide bonds. The summed E-state index contributed by atoms with van der Waals surface area (Å²) in [6, 6.07) is 13.4. The predicted octanol–water partition coefficient (Wildman–Crippen LogP) is 2.84. The molecule has 110 valence electrons. The third-order valence-electron chi connectivity index (χ3n) is 3.47. The first kappa shape index (κ1) is 14.0. The highest BCUT2D eigenvalue weighted by molar-refractivity contribution is 6.34. The van der Waals surface area contributed by atoms with E-state index in [9.17, 15) is 14.0 Å². The van der Waals surface area contributed by atoms with Crippen molar-refractivity contribution in [3.8, 4) is 0 Å². The fraction of sp³-hybridized carbons (Fsp3) is 0.0588. The van der Waals surface area contributed by atoms with E-state index in [4.69, 9.17) is 5.11 Å². The number of halogens is 1. The van der Waals surface area contributed by atoms with E-state index < -0.39 is 17.7 Å². The number of hydrogen-bond acceptors (Lipinski definition) is 2. The molecule has 2 aromatic rings. The molecule has 1 N–H and O–H groups in total. The summed E-state index contributed by atoms with van der Waals surface area (Å²) in [5.41, 5.74) is 1.27. The molecular formula is C17H12FNO3. The van der Waals surface area contributed by atoms with Gasteiger partial charge in [-0.3, -0.25) is 4.79 Å². The Balaban J connectivity index is 2.09. The van der Waals surface area contributed by atoms with Crippen LogP contribution < -0.4 is 4.90 Å². The lowest BCUT2D eigenvalue weighted by Crippen LogP contribution is -2.26. The third-order valence-corrected chi connectivity index (χ3v) is 3.47. The number of carboxylic acid groups (broad SMARTS) is 1. The van der Waals surface area contributed by atoms with Gasteiger partial charge in [-0.2, -0.15) is 0 Å². The van der Waals surface area contributed by atoms with Crippen LogP contribution in [0.5, 0.6) is 0 Å². The van der Waals surface area contributed by atoms with Gasteiger partial charge in [-0.15, -0.1) is 0 Å². The zero-order valence-corrected chi connectivity index (χ0v) is 11.5. The summed E-state index contributed by atoms with van der Waals surface area (Å²) in [7, 11) is 0. The van der Waals surface area contributed by atoms with Crippen LogP contribution in [-0.4, -0.2) is 17.0 Å². The first-order valence-corrected chi connectivity index (χ1v) is 6.67. The molecule has 1 aliphatic heterocycles. The number of fused-ring (bicyclic) bond motifs is 1. The van der Waals surface area contributed by atoms with E-state index in [1.54, 1.807) is 6.07 Å². The van der Waals surface area contributed by atoms with Crippen molar-refractivity contribution in [3.05, 3.63) is 71.6 Å². The lowest BCUT2D eigenvalue weighted by Gasteiger charge is -2.17. The summed E-state index contributed by atoms with van der Waals surface area (Å²) in [6.45, 7) is 0.185. The van der Waals surface area contributed by atoms with E-state index in [0.717, 1.165) is 11.6 Å². The fourth-order valence-corrected chi connectivity index (χ4v) is 2.55. The minimum atomic E-state index is -1.24. The Hall–Kier alpha value is -2.95. The Morgan fingerprint density at radius 1 is 1.14 bits per heavy atom. The van der Waals surface area contributed by atoms with Crippen molar-refractivity contribution in [3.63, 3.8) is 0 Å². The molecule has 1 aliphatic rings. The standard InChI is InChI=1S/C17H12FNO3/c18-14-8-4-7-12-13(9-15(20)21)17(22)19(16(12)14)10-11-5-2-1-3-6-11/h1-9H,10H2,(H,20,21). The van der Waals surface area contributed by atoms with Gasteiger partial charge < -0.3 is 10.0 Å². The van der Waals surface area contributed by atoms with E-state index in [0.29, 0.717) is 5.56 Å². The number of para-hydroxylation sites is 1. The number of aliphatic carboxylic acids is 1. The molecule has 0 saturated heterocycles. The van der Waals surface area contributed by atoms with Crippen LogP contribution in [0.2, 0.25) is 0 Å². The summed E-state index contributed by atoms with van der Waals surface area (Å²) in [5, 5.41) is 8.92. The normalized spacial score (nSPS) is 15.2. The predicted molar refractivity (Wildman–Crippen MR) is 79.6 cm³/mol. The second-order valence-electron chi connectivity index (χ2n) is 4.91. The molecule has 22 heavy (non-hydrogen) atoms. The number of anilines is 1. The van der Waals surface area contributed by atoms with Gasteiger partial charge in [-0.1, -0.05) is 42.5 Å². The van der Waals surface area contributed by atoms with Crippen molar-refractivity contribution >= 4 is 23.1 Å². The van der Waals surface area contributed by atoms with Gasteiger partial charge in [0.15, 0.2) is 0 Å². The molecule has 3 rings (SSSR count). The molecule has 0 fully saturated rings. The number of benzene rings is 2. The highest BCUT2D eigenvalue weighted by Gasteiger charge is 2.35. The molecule has 0 unspecified atom stereocenters. The summed E-state index contributed by atoms with van der Waals surface area (Å²) in [6.07, 6.45) is 0.825. The molecule has 0 spiro atoms. The maximum absolute atomic E-state index is 14.2. The van der Waals surface area contributed by atoms with Crippen LogP contribution in [0.3, 0.4) is 0 Å². The van der Waals surface area contributed by atoms with Gasteiger partial charge in [-0.25, -0.2) is 9.18 Å². The lowest BCUT2D eigenvalue weighted by atomic mass is 10.1. The van der Waals surface area contributed by atoms with Crippen molar-refractivity contribution in [2.75, 3.05) is 4.90 Å². The van der Waals surface area contributed by atoms with Gasteiger partial charge in [0.1, 0.15) is 5.82 Å². The van der Waals surface area contributed by atoms with Crippen LogP contribution in [0, 0.1) is 5.82 Å². The van der Waals surface area contributed by atoms with E-state index in [2.05, 4.69) is 0 Å². The molecule has 1 heterocycles. The van der Waals surface area contributed by atoms with Gasteiger partial charge in [0, 0.05) is 11.6 Å². The maximum Gasteiger partial charge on any atom is 0.329 e. The van der Waals surface area contributed by atoms with Crippen LogP contribution in [0.25, 0.3) is 5.57 Å². The highest BCUT2D eigenvalue weighted by Crippen LogP contribution is 2.39. The zero-order chi connectivity index (χ0) is 15.7. The monoisotopic (exact) mass is 297 g/mol. The number of carboxylic acids is 1. The van der Waals surface area contributed by atoms with E-state index in [1.807, 2.05) is 30.3 Å². The Morgan fingerprint density at radius 3 is 2.55 bits per heavy atom. The quantitative estimate of drug-likeness (QED) is 0.886. The van der Waals surface area contributed by atoms with Crippen molar-refractivity contribution in [2.45, 2.75) is 6.54 Å². The average Bonchev–Trinajstić information content (AvgIpc) is 2.75. The van der Waals surface area contributed by atoms with E-state index >= 15 is 0 Å². The molecule has 0 bridgehead atoms. The Morgan fingerprint density at radius 2 is 1.86 bits per heavy atom. The number of amides is 1. The molecule has 0 aliphatic carbocycles. The number of nitrogens with zero attached hydrogens (tertiary/aromatic N) is 1. The van der Waals surface area contributed by atoms with Crippen LogP contribution in [-0.2, 0) is 16.1 Å². The first-order chi connectivity index (χ1) is 10.6. The zero-order valence-electron chi connectivity index (χ0n) is 11.5. The van der Waals surface area contributed by atoms with Crippen LogP contribution in [0.1, 0.15) is 11.1 Å². The topological polar surface area (TPSA) is 57.6 Å². The van der Waals surface area contributed by atoms with Gasteiger partial charge in [-0.05, 0) is 11.6 Å². The van der Waals surface area contributed by atoms with E-state index in [-0.39, 0.29) is 17.8 Å². The fourth-order valence-electron chi connectivity index (χ4n) is 2.55. The van der Waals surface area contributed by atoms with Gasteiger partial charge >= 0.3 is 5.97 Å². The van der Waals surface area contributed by atoms with Crippen molar-refractivity contribution < 1.29 is 19.1 Å². The first-order valence-electron chi connectivity index (χ1n) is 6.67. The number of carbonyl (C=O) groups excluding carboxylic acids is 1. The third kappa shape index (κ3) is 2.37. The van der Waals surface area contributed by atoms with Crippen LogP contribution >= 0.6 is 0 Å². The number of rotatable bonds is 3. The average molecular weight is 297 g/mol. The Bertz CT molecular complexity index is 784. The van der Waals surface area contributed by atoms with Crippen molar-refractivity contribution in [1.29, 1.82) is 0 Å². The van der Waals surface area contributed by atoms with Crippen molar-refractivity contribution in [1.82, 2.24) is 0 Å². The Labute approximate surface area is 126 Å². The van der Waals surface area contributed by atoms with Gasteiger partial charge in [0.2, 0.25) is 0 Å². The highest BCUT2D eigenvalue weighted by atomic mass is 19.1. The summed E-state index contributed by atoms with van der Waals surface area (Å²) >= 11 is 0. The molecule has 4 nitrogen and oxygen atoms in total. The SMILES string of the molecule is O=C(O)C=C1C(=O)N(Cc2ccccc2)c2c(F)cccc21. The molecular weight excluding hydrogens is 285 g/mol. The number of hydrogen-bond donors (Lipinski definition) is 1.